The van der Waals surface area contributed by atoms with Gasteiger partial charge in [-0.25, -0.2) is 0 Å². The first-order chi connectivity index (χ1) is 9.62. The van der Waals surface area contributed by atoms with Gasteiger partial charge in [-0.05, 0) is 0 Å². The molecule has 0 amide bonds. The second kappa shape index (κ2) is 11.3. The van der Waals surface area contributed by atoms with E-state index >= 15 is 0 Å². The fourth-order valence-corrected chi connectivity index (χ4v) is 44.3. The smallest absolute Gasteiger partial charge is 0.0417 e. The van der Waals surface area contributed by atoms with Crippen LogP contribution in [0.5, 0.6) is 0 Å². The molecule has 134 valence electrons. The summed E-state index contributed by atoms with van der Waals surface area (Å²) in [5.41, 5.74) is 8.14. The standard InChI is InChI=1S/C16H42Si6.Y/c1-17(2)12-21(8,9)15-19(4)16-22(10,11)14-18(3)13-20(5,6)7;/h1,12-16H2,2-11H3;/q-1;. The molecule has 0 N–H and O–H groups in total. The van der Waals surface area contributed by atoms with Gasteiger partial charge < -0.3 is 6.55 Å². The van der Waals surface area contributed by atoms with E-state index in [0.717, 1.165) is 0 Å². The normalized spacial score (nSPS) is 13.8. The summed E-state index contributed by atoms with van der Waals surface area (Å²) in [7, 11) is -3.15. The van der Waals surface area contributed by atoms with Crippen LogP contribution in [0, 0.1) is 6.55 Å². The molecule has 0 aromatic heterocycles. The number of hydrogen-bond donors (Lipinski definition) is 0. The molecule has 0 aliphatic carbocycles. The van der Waals surface area contributed by atoms with Crippen molar-refractivity contribution in [1.82, 2.24) is 0 Å². The minimum atomic E-state index is -0.942. The summed E-state index contributed by atoms with van der Waals surface area (Å²) in [6.45, 7) is 30.4. The molecule has 0 saturated carbocycles. The van der Waals surface area contributed by atoms with E-state index in [9.17, 15) is 0 Å². The third kappa shape index (κ3) is 16.3. The predicted octanol–water partition coefficient (Wildman–Crippen LogP) is 6.18. The average Bonchev–Trinajstić information content (AvgIpc) is 2.05. The summed E-state index contributed by atoms with van der Waals surface area (Å²) >= 11 is 0. The molecular formula is C16H42Si6Y-. The van der Waals surface area contributed by atoms with Gasteiger partial charge in [-0.3, -0.25) is 0 Å². The Balaban J connectivity index is 0. The molecule has 0 aromatic rings. The van der Waals surface area contributed by atoms with Crippen molar-refractivity contribution in [2.24, 2.45) is 0 Å². The molecule has 0 aliphatic heterocycles. The van der Waals surface area contributed by atoms with Gasteiger partial charge in [-0.2, -0.15) is 0 Å². The van der Waals surface area contributed by atoms with Crippen molar-refractivity contribution >= 4 is 50.6 Å². The van der Waals surface area contributed by atoms with Crippen LogP contribution in [0.2, 0.25) is 93.8 Å². The van der Waals surface area contributed by atoms with Crippen molar-refractivity contribution in [2.75, 3.05) is 0 Å². The molecule has 4 radical (unpaired) electrons. The summed E-state index contributed by atoms with van der Waals surface area (Å²) in [4.78, 5) is 0. The van der Waals surface area contributed by atoms with Crippen LogP contribution in [-0.2, 0) is 32.7 Å². The van der Waals surface area contributed by atoms with E-state index in [0.29, 0.717) is 0 Å². The van der Waals surface area contributed by atoms with Crippen LogP contribution in [0.15, 0.2) is 0 Å². The topological polar surface area (TPSA) is 0 Å². The molecule has 0 aromatic carbocycles. The molecule has 0 heterocycles. The molecule has 0 saturated heterocycles. The maximum atomic E-state index is 4.34. The monoisotopic (exact) mass is 491 g/mol. The zero-order valence-corrected chi connectivity index (χ0v) is 26.7. The Morgan fingerprint density at radius 3 is 1.22 bits per heavy atom. The SMILES string of the molecule is [CH2-][Si](C)C[Si](C)(C)C[Si](C)C[Si](C)(C)C[Si](C)C[Si](C)(C)C.[Y]. The van der Waals surface area contributed by atoms with Crippen molar-refractivity contribution in [3.8, 4) is 0 Å². The summed E-state index contributed by atoms with van der Waals surface area (Å²) in [6, 6.07) is 0. The molecule has 0 unspecified atom stereocenters. The first-order valence-corrected chi connectivity index (χ1v) is 26.7. The molecular weight excluding hydrogens is 450 g/mol. The van der Waals surface area contributed by atoms with E-state index in [2.05, 4.69) is 72.0 Å². The van der Waals surface area contributed by atoms with Crippen LogP contribution < -0.4 is 0 Å². The number of rotatable bonds is 10. The van der Waals surface area contributed by atoms with Gasteiger partial charge in [0, 0.05) is 74.5 Å². The van der Waals surface area contributed by atoms with Crippen molar-refractivity contribution < 1.29 is 32.7 Å². The van der Waals surface area contributed by atoms with E-state index < -0.39 is 24.2 Å². The minimum Gasteiger partial charge on any atom is -0.346 e. The van der Waals surface area contributed by atoms with Crippen LogP contribution >= 0.6 is 0 Å². The average molecular weight is 492 g/mol. The van der Waals surface area contributed by atoms with Gasteiger partial charge in [0.1, 0.15) is 0 Å². The Bertz CT molecular complexity index is 325. The third-order valence-corrected chi connectivity index (χ3v) is 35.6. The minimum absolute atomic E-state index is 0. The fourth-order valence-electron chi connectivity index (χ4n) is 4.42. The Morgan fingerprint density at radius 2 is 0.913 bits per heavy atom. The molecule has 0 spiro atoms. The molecule has 0 rings (SSSR count). The van der Waals surface area contributed by atoms with Crippen LogP contribution in [0.3, 0.4) is 0 Å². The Morgan fingerprint density at radius 1 is 0.609 bits per heavy atom. The molecule has 0 aliphatic rings. The Hall–Kier alpha value is 2.41. The predicted molar refractivity (Wildman–Crippen MR) is 123 cm³/mol. The van der Waals surface area contributed by atoms with Gasteiger partial charge in [0.15, 0.2) is 0 Å². The largest absolute Gasteiger partial charge is 0.346 e. The first-order valence-electron chi connectivity index (χ1n) is 8.89. The van der Waals surface area contributed by atoms with Crippen molar-refractivity contribution in [2.45, 2.75) is 93.8 Å². The van der Waals surface area contributed by atoms with E-state index in [1.165, 1.54) is 5.67 Å². The van der Waals surface area contributed by atoms with Crippen LogP contribution in [0.4, 0.5) is 0 Å². The quantitative estimate of drug-likeness (QED) is 0.253. The summed E-state index contributed by atoms with van der Waals surface area (Å²) in [5.74, 6) is 0. The van der Waals surface area contributed by atoms with Gasteiger partial charge >= 0.3 is 0 Å². The van der Waals surface area contributed by atoms with Gasteiger partial charge in [-0.15, -0.1) is 8.80 Å². The Labute approximate surface area is 182 Å². The van der Waals surface area contributed by atoms with E-state index in [1.807, 2.05) is 0 Å². The van der Waals surface area contributed by atoms with Crippen molar-refractivity contribution in [1.29, 1.82) is 0 Å². The molecule has 0 nitrogen and oxygen atoms in total. The zero-order chi connectivity index (χ0) is 17.8. The molecule has 7 heteroatoms. The van der Waals surface area contributed by atoms with Gasteiger partial charge in [0.05, 0.1) is 0 Å². The van der Waals surface area contributed by atoms with Gasteiger partial charge in [-0.1, -0.05) is 93.8 Å². The maximum absolute atomic E-state index is 4.34. The van der Waals surface area contributed by atoms with Crippen LogP contribution in [0.1, 0.15) is 0 Å². The fraction of sp³-hybridized carbons (Fsp3) is 0.938. The maximum Gasteiger partial charge on any atom is 0.0417 e. The van der Waals surface area contributed by atoms with E-state index in [-0.39, 0.29) is 59.1 Å². The third-order valence-electron chi connectivity index (χ3n) is 3.95. The van der Waals surface area contributed by atoms with Gasteiger partial charge in [0.2, 0.25) is 0 Å². The summed E-state index contributed by atoms with van der Waals surface area (Å²) in [5, 5.41) is 0. The van der Waals surface area contributed by atoms with E-state index in [1.54, 1.807) is 22.7 Å². The second-order valence-corrected chi connectivity index (χ2v) is 37.2. The molecule has 23 heavy (non-hydrogen) atoms. The van der Waals surface area contributed by atoms with Crippen molar-refractivity contribution in [3.05, 3.63) is 6.55 Å². The molecule has 0 atom stereocenters. The first kappa shape index (κ1) is 27.6. The van der Waals surface area contributed by atoms with Crippen LogP contribution in [-0.4, -0.2) is 50.6 Å². The van der Waals surface area contributed by atoms with E-state index in [4.69, 9.17) is 0 Å². The van der Waals surface area contributed by atoms with Crippen molar-refractivity contribution in [3.63, 3.8) is 0 Å². The second-order valence-electron chi connectivity index (χ2n) is 10.6. The summed E-state index contributed by atoms with van der Waals surface area (Å²) in [6.07, 6.45) is 0. The number of hydrogen-bond acceptors (Lipinski definition) is 0. The zero-order valence-electron chi connectivity index (χ0n) is 17.8. The van der Waals surface area contributed by atoms with Gasteiger partial charge in [0.25, 0.3) is 0 Å². The Kier molecular flexibility index (Phi) is 13.6. The molecule has 0 fully saturated rings. The summed E-state index contributed by atoms with van der Waals surface area (Å²) < 4.78 is 0. The molecule has 0 bridgehead atoms. The van der Waals surface area contributed by atoms with Crippen LogP contribution in [0.25, 0.3) is 0 Å².